The van der Waals surface area contributed by atoms with E-state index in [9.17, 15) is 0 Å². The molecule has 76 valence electrons. The molecule has 1 unspecified atom stereocenters. The molecule has 2 rings (SSSR count). The first-order valence-electron chi connectivity index (χ1n) is 5.07. The van der Waals surface area contributed by atoms with Crippen LogP contribution in [-0.4, -0.2) is 22.6 Å². The highest BCUT2D eigenvalue weighted by atomic mass is 15.0. The standard InChI is InChI=1S/C10H16N4/c1-7-13-9(6-10(11)14-7)5-8-3-2-4-12-8/h6,8,12H,2-5H2,1H3,(H2,11,13,14). The van der Waals surface area contributed by atoms with Gasteiger partial charge in [0.15, 0.2) is 0 Å². The van der Waals surface area contributed by atoms with Crippen LogP contribution in [0.4, 0.5) is 5.82 Å². The van der Waals surface area contributed by atoms with Crippen LogP contribution in [-0.2, 0) is 6.42 Å². The maximum Gasteiger partial charge on any atom is 0.127 e. The quantitative estimate of drug-likeness (QED) is 0.722. The number of nitrogens with one attached hydrogen (secondary N) is 1. The molecule has 0 aromatic carbocycles. The predicted octanol–water partition coefficient (Wildman–Crippen LogP) is 0.662. The first kappa shape index (κ1) is 9.40. The van der Waals surface area contributed by atoms with Crippen LogP contribution in [0.25, 0.3) is 0 Å². The van der Waals surface area contributed by atoms with Gasteiger partial charge in [0, 0.05) is 24.2 Å². The van der Waals surface area contributed by atoms with Crippen LogP contribution in [0.5, 0.6) is 0 Å². The van der Waals surface area contributed by atoms with E-state index >= 15 is 0 Å². The molecule has 1 atom stereocenters. The predicted molar refractivity (Wildman–Crippen MR) is 55.9 cm³/mol. The van der Waals surface area contributed by atoms with Crippen molar-refractivity contribution in [3.63, 3.8) is 0 Å². The summed E-state index contributed by atoms with van der Waals surface area (Å²) < 4.78 is 0. The highest BCUT2D eigenvalue weighted by Crippen LogP contribution is 2.11. The molecule has 4 heteroatoms. The molecule has 0 aliphatic carbocycles. The van der Waals surface area contributed by atoms with Gasteiger partial charge in [0.05, 0.1) is 0 Å². The summed E-state index contributed by atoms with van der Waals surface area (Å²) in [5, 5.41) is 3.44. The van der Waals surface area contributed by atoms with E-state index in [1.807, 2.05) is 13.0 Å². The van der Waals surface area contributed by atoms with Crippen molar-refractivity contribution in [1.29, 1.82) is 0 Å². The zero-order valence-corrected chi connectivity index (χ0v) is 8.45. The second kappa shape index (κ2) is 3.92. The highest BCUT2D eigenvalue weighted by molar-refractivity contribution is 5.29. The van der Waals surface area contributed by atoms with Gasteiger partial charge in [-0.2, -0.15) is 0 Å². The minimum absolute atomic E-state index is 0.573. The van der Waals surface area contributed by atoms with Gasteiger partial charge in [0.1, 0.15) is 11.6 Å². The van der Waals surface area contributed by atoms with Crippen LogP contribution in [0, 0.1) is 6.92 Å². The SMILES string of the molecule is Cc1nc(N)cc(CC2CCCN2)n1. The van der Waals surface area contributed by atoms with Gasteiger partial charge in [-0.1, -0.05) is 0 Å². The third kappa shape index (κ3) is 2.20. The van der Waals surface area contributed by atoms with Crippen LogP contribution >= 0.6 is 0 Å². The van der Waals surface area contributed by atoms with Crippen LogP contribution in [0.3, 0.4) is 0 Å². The molecule has 0 spiro atoms. The number of nitrogen functional groups attached to an aromatic ring is 1. The first-order valence-corrected chi connectivity index (χ1v) is 5.07. The van der Waals surface area contributed by atoms with Gasteiger partial charge in [-0.3, -0.25) is 0 Å². The summed E-state index contributed by atoms with van der Waals surface area (Å²) in [6.45, 7) is 3.01. The van der Waals surface area contributed by atoms with E-state index in [0.29, 0.717) is 11.9 Å². The molecule has 1 aromatic heterocycles. The smallest absolute Gasteiger partial charge is 0.127 e. The summed E-state index contributed by atoms with van der Waals surface area (Å²) in [7, 11) is 0. The van der Waals surface area contributed by atoms with E-state index in [1.54, 1.807) is 0 Å². The molecule has 4 nitrogen and oxygen atoms in total. The molecule has 1 fully saturated rings. The average molecular weight is 192 g/mol. The minimum atomic E-state index is 0.573. The molecule has 0 radical (unpaired) electrons. The lowest BCUT2D eigenvalue weighted by molar-refractivity contribution is 0.593. The highest BCUT2D eigenvalue weighted by Gasteiger charge is 2.15. The van der Waals surface area contributed by atoms with E-state index in [1.165, 1.54) is 12.8 Å². The van der Waals surface area contributed by atoms with E-state index in [4.69, 9.17) is 5.73 Å². The maximum atomic E-state index is 5.66. The fourth-order valence-electron chi connectivity index (χ4n) is 1.94. The summed E-state index contributed by atoms with van der Waals surface area (Å²) in [5.74, 6) is 1.34. The summed E-state index contributed by atoms with van der Waals surface area (Å²) in [5.41, 5.74) is 6.71. The Morgan fingerprint density at radius 3 is 3.07 bits per heavy atom. The third-order valence-electron chi connectivity index (χ3n) is 2.53. The monoisotopic (exact) mass is 192 g/mol. The van der Waals surface area contributed by atoms with Gasteiger partial charge in [-0.15, -0.1) is 0 Å². The van der Waals surface area contributed by atoms with Gasteiger partial charge < -0.3 is 11.1 Å². The maximum absolute atomic E-state index is 5.66. The number of anilines is 1. The third-order valence-corrected chi connectivity index (χ3v) is 2.53. The first-order chi connectivity index (χ1) is 6.74. The van der Waals surface area contributed by atoms with Gasteiger partial charge in [0.25, 0.3) is 0 Å². The summed E-state index contributed by atoms with van der Waals surface area (Å²) >= 11 is 0. The average Bonchev–Trinajstić information content (AvgIpc) is 2.54. The number of nitrogens with two attached hydrogens (primary N) is 1. The molecule has 0 amide bonds. The Morgan fingerprint density at radius 1 is 1.57 bits per heavy atom. The zero-order chi connectivity index (χ0) is 9.97. The summed E-state index contributed by atoms with van der Waals surface area (Å²) in [6.07, 6.45) is 3.47. The van der Waals surface area contributed by atoms with E-state index in [0.717, 1.165) is 24.5 Å². The molecule has 1 aliphatic heterocycles. The summed E-state index contributed by atoms with van der Waals surface area (Å²) in [6, 6.07) is 2.44. The molecule has 0 bridgehead atoms. The number of rotatable bonds is 2. The van der Waals surface area contributed by atoms with Crippen LogP contribution in [0.15, 0.2) is 6.07 Å². The molecule has 2 heterocycles. The number of hydrogen-bond donors (Lipinski definition) is 2. The molecule has 1 aliphatic rings. The van der Waals surface area contributed by atoms with Crippen molar-refractivity contribution in [3.8, 4) is 0 Å². The molecule has 0 saturated carbocycles. The molecule has 1 saturated heterocycles. The van der Waals surface area contributed by atoms with Crippen molar-refractivity contribution in [3.05, 3.63) is 17.6 Å². The fraction of sp³-hybridized carbons (Fsp3) is 0.600. The molecular formula is C10H16N4. The Morgan fingerprint density at radius 2 is 2.43 bits per heavy atom. The lowest BCUT2D eigenvalue weighted by Gasteiger charge is -2.09. The Kier molecular flexibility index (Phi) is 2.63. The second-order valence-corrected chi connectivity index (χ2v) is 3.83. The van der Waals surface area contributed by atoms with E-state index in [-0.39, 0.29) is 0 Å². The van der Waals surface area contributed by atoms with Crippen molar-refractivity contribution in [1.82, 2.24) is 15.3 Å². The lowest BCUT2D eigenvalue weighted by atomic mass is 10.1. The van der Waals surface area contributed by atoms with Gasteiger partial charge in [0.2, 0.25) is 0 Å². The Labute approximate surface area is 83.9 Å². The largest absolute Gasteiger partial charge is 0.384 e. The van der Waals surface area contributed by atoms with Crippen molar-refractivity contribution in [2.75, 3.05) is 12.3 Å². The van der Waals surface area contributed by atoms with Crippen molar-refractivity contribution in [2.24, 2.45) is 0 Å². The molecular weight excluding hydrogens is 176 g/mol. The van der Waals surface area contributed by atoms with Crippen LogP contribution < -0.4 is 11.1 Å². The second-order valence-electron chi connectivity index (χ2n) is 3.83. The Hall–Kier alpha value is -1.16. The molecule has 1 aromatic rings. The van der Waals surface area contributed by atoms with Crippen molar-refractivity contribution < 1.29 is 0 Å². The lowest BCUT2D eigenvalue weighted by Crippen LogP contribution is -2.24. The topological polar surface area (TPSA) is 63.8 Å². The fourth-order valence-corrected chi connectivity index (χ4v) is 1.94. The number of aryl methyl sites for hydroxylation is 1. The normalized spacial score (nSPS) is 21.4. The Balaban J connectivity index is 2.07. The van der Waals surface area contributed by atoms with Crippen molar-refractivity contribution >= 4 is 5.82 Å². The Bertz CT molecular complexity index is 298. The van der Waals surface area contributed by atoms with Crippen molar-refractivity contribution in [2.45, 2.75) is 32.2 Å². The van der Waals surface area contributed by atoms with Crippen LogP contribution in [0.1, 0.15) is 24.4 Å². The van der Waals surface area contributed by atoms with Gasteiger partial charge in [-0.25, -0.2) is 9.97 Å². The van der Waals surface area contributed by atoms with E-state index in [2.05, 4.69) is 15.3 Å². The summed E-state index contributed by atoms with van der Waals surface area (Å²) in [4.78, 5) is 8.42. The van der Waals surface area contributed by atoms with E-state index < -0.39 is 0 Å². The van der Waals surface area contributed by atoms with Crippen LogP contribution in [0.2, 0.25) is 0 Å². The number of hydrogen-bond acceptors (Lipinski definition) is 4. The number of aromatic nitrogens is 2. The minimum Gasteiger partial charge on any atom is -0.384 e. The molecule has 14 heavy (non-hydrogen) atoms. The molecule has 3 N–H and O–H groups in total. The zero-order valence-electron chi connectivity index (χ0n) is 8.45. The van der Waals surface area contributed by atoms with Gasteiger partial charge in [-0.05, 0) is 26.3 Å². The van der Waals surface area contributed by atoms with Gasteiger partial charge >= 0.3 is 0 Å². The number of nitrogens with zero attached hydrogens (tertiary/aromatic N) is 2.